The van der Waals surface area contributed by atoms with E-state index in [1.807, 2.05) is 62.3 Å². The number of likely N-dealkylation sites (N-methyl/N-ethyl adjacent to an activating group) is 1. The molecule has 5 nitrogen and oxygen atoms in total. The number of nitrogens with zero attached hydrogens (tertiary/aromatic N) is 3. The van der Waals surface area contributed by atoms with Crippen molar-refractivity contribution in [1.29, 1.82) is 0 Å². The standard InChI is InChI=1S/C26H25N3O2S/c1-18-8-7-11-22-23(18)27-26(32-22)29(17-16-28(2)3)25(31)21-14-12-20(13-15-21)24(30)19-9-5-4-6-10-19/h4-15H,16-17H2,1-3H3. The van der Waals surface area contributed by atoms with Crippen molar-refractivity contribution in [3.63, 3.8) is 0 Å². The van der Waals surface area contributed by atoms with Crippen molar-refractivity contribution in [2.24, 2.45) is 0 Å². The average molecular weight is 444 g/mol. The van der Waals surface area contributed by atoms with Crippen molar-refractivity contribution >= 4 is 38.4 Å². The number of hydrogen-bond donors (Lipinski definition) is 0. The highest BCUT2D eigenvalue weighted by Crippen LogP contribution is 2.31. The number of anilines is 1. The number of para-hydroxylation sites is 1. The number of carbonyl (C=O) groups excluding carboxylic acids is 2. The Bertz CT molecular complexity index is 1250. The third-order valence-corrected chi connectivity index (χ3v) is 6.33. The van der Waals surface area contributed by atoms with E-state index in [0.29, 0.717) is 34.9 Å². The number of thiazole rings is 1. The second-order valence-corrected chi connectivity index (χ2v) is 8.96. The summed E-state index contributed by atoms with van der Waals surface area (Å²) in [6.07, 6.45) is 0. The van der Waals surface area contributed by atoms with Gasteiger partial charge in [-0.25, -0.2) is 4.98 Å². The molecule has 0 N–H and O–H groups in total. The first-order valence-electron chi connectivity index (χ1n) is 10.5. The summed E-state index contributed by atoms with van der Waals surface area (Å²) in [4.78, 5) is 34.7. The Kier molecular flexibility index (Phi) is 6.44. The van der Waals surface area contributed by atoms with Crippen LogP contribution in [0.3, 0.4) is 0 Å². The number of hydrogen-bond acceptors (Lipinski definition) is 5. The summed E-state index contributed by atoms with van der Waals surface area (Å²) < 4.78 is 1.06. The molecule has 1 amide bonds. The molecule has 0 unspecified atom stereocenters. The number of aryl methyl sites for hydroxylation is 1. The highest BCUT2D eigenvalue weighted by atomic mass is 32.1. The summed E-state index contributed by atoms with van der Waals surface area (Å²) in [5, 5.41) is 0.686. The summed E-state index contributed by atoms with van der Waals surface area (Å²) in [6.45, 7) is 3.26. The average Bonchev–Trinajstić information content (AvgIpc) is 3.24. The van der Waals surface area contributed by atoms with Crippen molar-refractivity contribution in [2.75, 3.05) is 32.1 Å². The van der Waals surface area contributed by atoms with Crippen molar-refractivity contribution in [2.45, 2.75) is 6.92 Å². The van der Waals surface area contributed by atoms with E-state index in [2.05, 4.69) is 0 Å². The van der Waals surface area contributed by atoms with Crippen LogP contribution < -0.4 is 4.90 Å². The largest absolute Gasteiger partial charge is 0.308 e. The number of amides is 1. The molecule has 32 heavy (non-hydrogen) atoms. The summed E-state index contributed by atoms with van der Waals surface area (Å²) in [6, 6.07) is 22.1. The lowest BCUT2D eigenvalue weighted by molar-refractivity contribution is 0.0982. The van der Waals surface area contributed by atoms with Crippen molar-refractivity contribution in [3.8, 4) is 0 Å². The van der Waals surface area contributed by atoms with Crippen molar-refractivity contribution in [1.82, 2.24) is 9.88 Å². The Hall–Kier alpha value is -3.35. The minimum absolute atomic E-state index is 0.0595. The number of aromatic nitrogens is 1. The molecular formula is C26H25N3O2S. The number of benzene rings is 3. The molecule has 3 aromatic carbocycles. The lowest BCUT2D eigenvalue weighted by Gasteiger charge is -2.22. The van der Waals surface area contributed by atoms with E-state index in [0.717, 1.165) is 15.8 Å². The summed E-state index contributed by atoms with van der Waals surface area (Å²) in [5.74, 6) is -0.182. The van der Waals surface area contributed by atoms with Crippen LogP contribution in [0.5, 0.6) is 0 Å². The zero-order chi connectivity index (χ0) is 22.7. The molecule has 0 spiro atoms. The maximum Gasteiger partial charge on any atom is 0.260 e. The van der Waals surface area contributed by atoms with Crippen LogP contribution in [0.25, 0.3) is 10.2 Å². The molecule has 0 aliphatic rings. The lowest BCUT2D eigenvalue weighted by atomic mass is 10.0. The molecule has 0 saturated heterocycles. The van der Waals surface area contributed by atoms with Crippen LogP contribution in [0, 0.1) is 6.92 Å². The van der Waals surface area contributed by atoms with E-state index in [1.165, 1.54) is 11.3 Å². The van der Waals surface area contributed by atoms with Crippen LogP contribution in [0.15, 0.2) is 72.8 Å². The van der Waals surface area contributed by atoms with Crippen LogP contribution in [0.4, 0.5) is 5.13 Å². The Morgan fingerprint density at radius 1 is 0.812 bits per heavy atom. The van der Waals surface area contributed by atoms with Gasteiger partial charge in [0.25, 0.3) is 5.91 Å². The predicted octanol–water partition coefficient (Wildman–Crippen LogP) is 5.04. The zero-order valence-corrected chi connectivity index (χ0v) is 19.2. The molecular weight excluding hydrogens is 418 g/mol. The van der Waals surface area contributed by atoms with E-state index >= 15 is 0 Å². The van der Waals surface area contributed by atoms with Gasteiger partial charge in [0.1, 0.15) is 0 Å². The SMILES string of the molecule is Cc1cccc2sc(N(CCN(C)C)C(=O)c3ccc(C(=O)c4ccccc4)cc3)nc12. The quantitative estimate of drug-likeness (QED) is 0.375. The maximum atomic E-state index is 13.5. The normalized spacial score (nSPS) is 11.1. The number of fused-ring (bicyclic) bond motifs is 1. The molecule has 4 rings (SSSR count). The van der Waals surface area contributed by atoms with E-state index in [-0.39, 0.29) is 11.7 Å². The summed E-state index contributed by atoms with van der Waals surface area (Å²) >= 11 is 1.52. The van der Waals surface area contributed by atoms with Gasteiger partial charge in [-0.05, 0) is 44.8 Å². The van der Waals surface area contributed by atoms with Crippen LogP contribution in [0.1, 0.15) is 31.8 Å². The Balaban J connectivity index is 1.63. The van der Waals surface area contributed by atoms with E-state index in [1.54, 1.807) is 41.3 Å². The van der Waals surface area contributed by atoms with Gasteiger partial charge >= 0.3 is 0 Å². The molecule has 0 aliphatic carbocycles. The lowest BCUT2D eigenvalue weighted by Crippen LogP contribution is -2.36. The van der Waals surface area contributed by atoms with Gasteiger partial charge in [0.2, 0.25) is 0 Å². The molecule has 0 atom stereocenters. The molecule has 0 saturated carbocycles. The monoisotopic (exact) mass is 443 g/mol. The van der Waals surface area contributed by atoms with Crippen LogP contribution in [0.2, 0.25) is 0 Å². The van der Waals surface area contributed by atoms with Crippen molar-refractivity contribution in [3.05, 3.63) is 95.1 Å². The first kappa shape index (κ1) is 21.9. The van der Waals surface area contributed by atoms with Gasteiger partial charge in [-0.3, -0.25) is 14.5 Å². The Labute approximate surface area is 191 Å². The van der Waals surface area contributed by atoms with Gasteiger partial charge in [0, 0.05) is 29.8 Å². The zero-order valence-electron chi connectivity index (χ0n) is 18.4. The predicted molar refractivity (Wildman–Crippen MR) is 131 cm³/mol. The third-order valence-electron chi connectivity index (χ3n) is 5.29. The number of carbonyl (C=O) groups is 2. The fourth-order valence-corrected chi connectivity index (χ4v) is 4.52. The van der Waals surface area contributed by atoms with Gasteiger partial charge in [-0.1, -0.05) is 65.9 Å². The molecule has 162 valence electrons. The highest BCUT2D eigenvalue weighted by Gasteiger charge is 2.22. The molecule has 0 fully saturated rings. The van der Waals surface area contributed by atoms with E-state index in [9.17, 15) is 9.59 Å². The number of ketones is 1. The molecule has 1 aromatic heterocycles. The smallest absolute Gasteiger partial charge is 0.260 e. The van der Waals surface area contributed by atoms with Crippen LogP contribution in [-0.2, 0) is 0 Å². The second-order valence-electron chi connectivity index (χ2n) is 7.95. The van der Waals surface area contributed by atoms with Gasteiger partial charge in [0.05, 0.1) is 10.2 Å². The fourth-order valence-electron chi connectivity index (χ4n) is 3.45. The van der Waals surface area contributed by atoms with Crippen LogP contribution in [-0.4, -0.2) is 48.8 Å². The Morgan fingerprint density at radius 3 is 2.12 bits per heavy atom. The van der Waals surface area contributed by atoms with E-state index < -0.39 is 0 Å². The van der Waals surface area contributed by atoms with Gasteiger partial charge in [0.15, 0.2) is 10.9 Å². The molecule has 4 aromatic rings. The second kappa shape index (κ2) is 9.42. The van der Waals surface area contributed by atoms with Crippen molar-refractivity contribution < 1.29 is 9.59 Å². The fraction of sp³-hybridized carbons (Fsp3) is 0.192. The molecule has 0 bridgehead atoms. The topological polar surface area (TPSA) is 53.5 Å². The maximum absolute atomic E-state index is 13.5. The highest BCUT2D eigenvalue weighted by molar-refractivity contribution is 7.22. The minimum Gasteiger partial charge on any atom is -0.308 e. The summed E-state index contributed by atoms with van der Waals surface area (Å²) in [5.41, 5.74) is 3.74. The number of rotatable bonds is 7. The molecule has 0 aliphatic heterocycles. The van der Waals surface area contributed by atoms with Crippen LogP contribution >= 0.6 is 11.3 Å². The first-order valence-corrected chi connectivity index (χ1v) is 11.3. The van der Waals surface area contributed by atoms with Gasteiger partial charge in [-0.15, -0.1) is 0 Å². The Morgan fingerprint density at radius 2 is 1.47 bits per heavy atom. The third kappa shape index (κ3) is 4.61. The van der Waals surface area contributed by atoms with Gasteiger partial charge < -0.3 is 4.90 Å². The van der Waals surface area contributed by atoms with Gasteiger partial charge in [-0.2, -0.15) is 0 Å². The molecule has 0 radical (unpaired) electrons. The summed E-state index contributed by atoms with van der Waals surface area (Å²) in [7, 11) is 3.96. The van der Waals surface area contributed by atoms with E-state index in [4.69, 9.17) is 4.98 Å². The molecule has 6 heteroatoms. The first-order chi connectivity index (χ1) is 15.4. The minimum atomic E-state index is -0.123. The molecule has 1 heterocycles.